The number of halogens is 2. The van der Waals surface area contributed by atoms with E-state index in [0.717, 1.165) is 6.07 Å². The number of aliphatic hydroxyl groups is 1. The SMILES string of the molecule is OCc1cc(F)cc(CF)c1. The quantitative estimate of drug-likeness (QED) is 0.695. The van der Waals surface area contributed by atoms with Gasteiger partial charge in [0.1, 0.15) is 12.5 Å². The molecule has 0 radical (unpaired) electrons. The van der Waals surface area contributed by atoms with Crippen molar-refractivity contribution in [3.05, 3.63) is 35.1 Å². The fourth-order valence-electron chi connectivity index (χ4n) is 0.886. The van der Waals surface area contributed by atoms with Crippen LogP contribution in [0.2, 0.25) is 0 Å². The van der Waals surface area contributed by atoms with Crippen LogP contribution in [0.5, 0.6) is 0 Å². The van der Waals surface area contributed by atoms with Gasteiger partial charge in [-0.3, -0.25) is 0 Å². The third-order valence-corrected chi connectivity index (χ3v) is 1.35. The second kappa shape index (κ2) is 3.44. The highest BCUT2D eigenvalue weighted by atomic mass is 19.1. The minimum Gasteiger partial charge on any atom is -0.392 e. The van der Waals surface area contributed by atoms with Crippen molar-refractivity contribution in [3.63, 3.8) is 0 Å². The van der Waals surface area contributed by atoms with E-state index in [-0.39, 0.29) is 12.2 Å². The fraction of sp³-hybridized carbons (Fsp3) is 0.250. The summed E-state index contributed by atoms with van der Waals surface area (Å²) in [5, 5.41) is 8.59. The molecule has 0 aliphatic carbocycles. The molecule has 0 fully saturated rings. The van der Waals surface area contributed by atoms with Gasteiger partial charge in [0.05, 0.1) is 6.61 Å². The molecule has 11 heavy (non-hydrogen) atoms. The van der Waals surface area contributed by atoms with Gasteiger partial charge in [0.15, 0.2) is 0 Å². The van der Waals surface area contributed by atoms with Crippen LogP contribution in [0, 0.1) is 5.82 Å². The van der Waals surface area contributed by atoms with Gasteiger partial charge in [-0.2, -0.15) is 0 Å². The molecule has 3 heteroatoms. The van der Waals surface area contributed by atoms with Crippen LogP contribution in [0.25, 0.3) is 0 Å². The van der Waals surface area contributed by atoms with Crippen LogP contribution in [-0.4, -0.2) is 5.11 Å². The van der Waals surface area contributed by atoms with Crippen LogP contribution in [0.3, 0.4) is 0 Å². The smallest absolute Gasteiger partial charge is 0.123 e. The van der Waals surface area contributed by atoms with E-state index in [9.17, 15) is 8.78 Å². The summed E-state index contributed by atoms with van der Waals surface area (Å²) in [4.78, 5) is 0. The lowest BCUT2D eigenvalue weighted by Gasteiger charge is -1.99. The first-order chi connectivity index (χ1) is 5.26. The van der Waals surface area contributed by atoms with Crippen molar-refractivity contribution in [1.82, 2.24) is 0 Å². The third-order valence-electron chi connectivity index (χ3n) is 1.35. The van der Waals surface area contributed by atoms with E-state index in [0.29, 0.717) is 5.56 Å². The summed E-state index contributed by atoms with van der Waals surface area (Å²) >= 11 is 0. The molecule has 0 spiro atoms. The molecule has 0 heterocycles. The average Bonchev–Trinajstić information content (AvgIpc) is 2.03. The lowest BCUT2D eigenvalue weighted by molar-refractivity contribution is 0.281. The number of alkyl halides is 1. The molecule has 0 saturated heterocycles. The number of hydrogen-bond donors (Lipinski definition) is 1. The molecule has 1 aromatic carbocycles. The molecular weight excluding hydrogens is 150 g/mol. The van der Waals surface area contributed by atoms with E-state index in [4.69, 9.17) is 5.11 Å². The predicted molar refractivity (Wildman–Crippen MR) is 37.1 cm³/mol. The van der Waals surface area contributed by atoms with Crippen LogP contribution in [0.1, 0.15) is 11.1 Å². The summed E-state index contributed by atoms with van der Waals surface area (Å²) in [7, 11) is 0. The van der Waals surface area contributed by atoms with E-state index in [1.165, 1.54) is 12.1 Å². The van der Waals surface area contributed by atoms with Crippen molar-refractivity contribution in [1.29, 1.82) is 0 Å². The molecule has 1 N–H and O–H groups in total. The maximum Gasteiger partial charge on any atom is 0.123 e. The Labute approximate surface area is 63.3 Å². The van der Waals surface area contributed by atoms with Crippen LogP contribution < -0.4 is 0 Å². The molecule has 1 aromatic rings. The summed E-state index contributed by atoms with van der Waals surface area (Å²) in [6, 6.07) is 3.72. The van der Waals surface area contributed by atoms with Gasteiger partial charge in [0.25, 0.3) is 0 Å². The molecule has 0 bridgehead atoms. The summed E-state index contributed by atoms with van der Waals surface area (Å²) < 4.78 is 24.5. The second-order valence-corrected chi connectivity index (χ2v) is 2.26. The van der Waals surface area contributed by atoms with Crippen LogP contribution in [0.15, 0.2) is 18.2 Å². The monoisotopic (exact) mass is 158 g/mol. The first kappa shape index (κ1) is 8.14. The van der Waals surface area contributed by atoms with Gasteiger partial charge >= 0.3 is 0 Å². The zero-order valence-corrected chi connectivity index (χ0v) is 5.85. The lowest BCUT2D eigenvalue weighted by Crippen LogP contribution is -1.88. The molecule has 1 rings (SSSR count). The lowest BCUT2D eigenvalue weighted by atomic mass is 10.1. The molecule has 0 unspecified atom stereocenters. The topological polar surface area (TPSA) is 20.2 Å². The van der Waals surface area contributed by atoms with E-state index in [1.807, 2.05) is 0 Å². The van der Waals surface area contributed by atoms with Crippen molar-refractivity contribution >= 4 is 0 Å². The molecule has 0 aromatic heterocycles. The highest BCUT2D eigenvalue weighted by Gasteiger charge is 1.98. The highest BCUT2D eigenvalue weighted by Crippen LogP contribution is 2.09. The number of aliphatic hydroxyl groups excluding tert-OH is 1. The highest BCUT2D eigenvalue weighted by molar-refractivity contribution is 5.23. The molecule has 0 aliphatic heterocycles. The van der Waals surface area contributed by atoms with Gasteiger partial charge in [-0.15, -0.1) is 0 Å². The zero-order valence-electron chi connectivity index (χ0n) is 5.85. The number of benzene rings is 1. The minimum absolute atomic E-state index is 0.258. The van der Waals surface area contributed by atoms with E-state index >= 15 is 0 Å². The van der Waals surface area contributed by atoms with Crippen LogP contribution in [-0.2, 0) is 13.3 Å². The largest absolute Gasteiger partial charge is 0.392 e. The Bertz CT molecular complexity index is 226. The zero-order chi connectivity index (χ0) is 8.27. The van der Waals surface area contributed by atoms with Crippen molar-refractivity contribution < 1.29 is 13.9 Å². The van der Waals surface area contributed by atoms with E-state index < -0.39 is 12.5 Å². The summed E-state index contributed by atoms with van der Waals surface area (Å²) in [5.41, 5.74) is 0.659. The number of rotatable bonds is 2. The van der Waals surface area contributed by atoms with Gasteiger partial charge in [0, 0.05) is 0 Å². The van der Waals surface area contributed by atoms with Crippen molar-refractivity contribution in [2.75, 3.05) is 0 Å². The Morgan fingerprint density at radius 3 is 2.36 bits per heavy atom. The average molecular weight is 158 g/mol. The van der Waals surface area contributed by atoms with Crippen molar-refractivity contribution in [2.45, 2.75) is 13.3 Å². The first-order valence-electron chi connectivity index (χ1n) is 3.21. The first-order valence-corrected chi connectivity index (χ1v) is 3.21. The molecule has 60 valence electrons. The Morgan fingerprint density at radius 2 is 1.82 bits per heavy atom. The van der Waals surface area contributed by atoms with Gasteiger partial charge in [0.2, 0.25) is 0 Å². The predicted octanol–water partition coefficient (Wildman–Crippen LogP) is 1.79. The molecule has 0 amide bonds. The maximum absolute atomic E-state index is 12.5. The Balaban J connectivity index is 3.02. The van der Waals surface area contributed by atoms with Gasteiger partial charge in [-0.25, -0.2) is 8.78 Å². The third kappa shape index (κ3) is 1.98. The normalized spacial score (nSPS) is 10.1. The molecule has 0 saturated carbocycles. The summed E-state index contributed by atoms with van der Waals surface area (Å²) in [6.07, 6.45) is 0. The number of hydrogen-bond acceptors (Lipinski definition) is 1. The maximum atomic E-state index is 12.5. The summed E-state index contributed by atoms with van der Waals surface area (Å²) in [5.74, 6) is -0.510. The van der Waals surface area contributed by atoms with E-state index in [1.54, 1.807) is 0 Å². The minimum atomic E-state index is -0.704. The van der Waals surface area contributed by atoms with Crippen molar-refractivity contribution in [3.8, 4) is 0 Å². The van der Waals surface area contributed by atoms with Crippen molar-refractivity contribution in [2.24, 2.45) is 0 Å². The van der Waals surface area contributed by atoms with Gasteiger partial charge in [-0.05, 0) is 23.3 Å². The fourth-order valence-corrected chi connectivity index (χ4v) is 0.886. The molecule has 1 nitrogen and oxygen atoms in total. The molecular formula is C8H8F2O. The second-order valence-electron chi connectivity index (χ2n) is 2.26. The van der Waals surface area contributed by atoms with Gasteiger partial charge in [-0.1, -0.05) is 6.07 Å². The van der Waals surface area contributed by atoms with E-state index in [2.05, 4.69) is 0 Å². The molecule has 0 atom stereocenters. The van der Waals surface area contributed by atoms with Crippen LogP contribution >= 0.6 is 0 Å². The van der Waals surface area contributed by atoms with Gasteiger partial charge < -0.3 is 5.11 Å². The summed E-state index contributed by atoms with van der Waals surface area (Å²) in [6.45, 7) is -0.963. The Morgan fingerprint density at radius 1 is 1.18 bits per heavy atom. The Hall–Kier alpha value is -0.960. The molecule has 0 aliphatic rings. The van der Waals surface area contributed by atoms with Crippen LogP contribution in [0.4, 0.5) is 8.78 Å². The Kier molecular flexibility index (Phi) is 2.54. The standard InChI is InChI=1S/C8H8F2O/c9-4-6-1-7(5-11)3-8(10)2-6/h1-3,11H,4-5H2.